The monoisotopic (exact) mass is 150 g/mol. The smallest absolute Gasteiger partial charge is 0.159 e. The SMILES string of the molecule is CC1(C)C[C@H]2C=CC(=O)[C@H]2C1. The summed E-state index contributed by atoms with van der Waals surface area (Å²) in [6.07, 6.45) is 6.15. The number of carbonyl (C=O) groups excluding carboxylic acids is 1. The van der Waals surface area contributed by atoms with Gasteiger partial charge in [0.2, 0.25) is 0 Å². The molecular weight excluding hydrogens is 136 g/mol. The summed E-state index contributed by atoms with van der Waals surface area (Å²) in [6.45, 7) is 4.51. The molecule has 0 saturated heterocycles. The van der Waals surface area contributed by atoms with Gasteiger partial charge in [0.25, 0.3) is 0 Å². The van der Waals surface area contributed by atoms with Crippen LogP contribution in [0.15, 0.2) is 12.2 Å². The number of fused-ring (bicyclic) bond motifs is 1. The number of allylic oxidation sites excluding steroid dienone is 2. The lowest BCUT2D eigenvalue weighted by Crippen LogP contribution is -2.10. The fourth-order valence-corrected chi connectivity index (χ4v) is 2.47. The van der Waals surface area contributed by atoms with Crippen LogP contribution in [0, 0.1) is 17.3 Å². The van der Waals surface area contributed by atoms with Crippen LogP contribution in [0.5, 0.6) is 0 Å². The summed E-state index contributed by atoms with van der Waals surface area (Å²) in [5.41, 5.74) is 0.399. The third-order valence-corrected chi connectivity index (χ3v) is 2.95. The molecule has 0 amide bonds. The lowest BCUT2D eigenvalue weighted by Gasteiger charge is -2.16. The molecule has 0 spiro atoms. The summed E-state index contributed by atoms with van der Waals surface area (Å²) in [6, 6.07) is 0. The Bertz CT molecular complexity index is 225. The van der Waals surface area contributed by atoms with Gasteiger partial charge in [-0.15, -0.1) is 0 Å². The second kappa shape index (κ2) is 1.96. The van der Waals surface area contributed by atoms with Crippen molar-refractivity contribution >= 4 is 5.78 Å². The van der Waals surface area contributed by atoms with E-state index in [2.05, 4.69) is 19.9 Å². The molecule has 0 bridgehead atoms. The maximum absolute atomic E-state index is 11.3. The van der Waals surface area contributed by atoms with Crippen LogP contribution in [0.4, 0.5) is 0 Å². The first-order valence-corrected chi connectivity index (χ1v) is 4.31. The van der Waals surface area contributed by atoms with Gasteiger partial charge in [-0.3, -0.25) is 4.79 Å². The normalized spacial score (nSPS) is 39.6. The topological polar surface area (TPSA) is 17.1 Å². The molecule has 0 radical (unpaired) electrons. The lowest BCUT2D eigenvalue weighted by atomic mass is 9.89. The minimum absolute atomic E-state index is 0.338. The molecule has 1 heteroatoms. The average Bonchev–Trinajstić information content (AvgIpc) is 2.31. The van der Waals surface area contributed by atoms with E-state index in [4.69, 9.17) is 0 Å². The number of hydrogen-bond donors (Lipinski definition) is 0. The predicted molar refractivity (Wildman–Crippen MR) is 44.1 cm³/mol. The Morgan fingerprint density at radius 1 is 1.45 bits per heavy atom. The van der Waals surface area contributed by atoms with E-state index in [0.717, 1.165) is 6.42 Å². The first kappa shape index (κ1) is 7.08. The van der Waals surface area contributed by atoms with Crippen molar-refractivity contribution in [2.24, 2.45) is 17.3 Å². The van der Waals surface area contributed by atoms with Crippen molar-refractivity contribution in [3.63, 3.8) is 0 Å². The molecule has 1 saturated carbocycles. The minimum Gasteiger partial charge on any atom is -0.295 e. The van der Waals surface area contributed by atoms with E-state index in [1.807, 2.05) is 0 Å². The van der Waals surface area contributed by atoms with Crippen LogP contribution in [0.1, 0.15) is 26.7 Å². The van der Waals surface area contributed by atoms with Crippen molar-refractivity contribution < 1.29 is 4.79 Å². The van der Waals surface area contributed by atoms with Gasteiger partial charge in [-0.1, -0.05) is 19.9 Å². The molecule has 11 heavy (non-hydrogen) atoms. The van der Waals surface area contributed by atoms with Gasteiger partial charge in [-0.05, 0) is 30.3 Å². The van der Waals surface area contributed by atoms with E-state index in [0.29, 0.717) is 23.0 Å². The number of ketones is 1. The van der Waals surface area contributed by atoms with Crippen molar-refractivity contribution in [1.82, 2.24) is 0 Å². The third-order valence-electron chi connectivity index (χ3n) is 2.95. The highest BCUT2D eigenvalue weighted by molar-refractivity contribution is 5.94. The Kier molecular flexibility index (Phi) is 1.26. The van der Waals surface area contributed by atoms with Gasteiger partial charge in [0.15, 0.2) is 5.78 Å². The van der Waals surface area contributed by atoms with Crippen LogP contribution in [-0.2, 0) is 4.79 Å². The highest BCUT2D eigenvalue weighted by Crippen LogP contribution is 2.48. The van der Waals surface area contributed by atoms with Gasteiger partial charge < -0.3 is 0 Å². The lowest BCUT2D eigenvalue weighted by molar-refractivity contribution is -0.118. The second-order valence-electron chi connectivity index (χ2n) is 4.60. The van der Waals surface area contributed by atoms with Gasteiger partial charge in [0, 0.05) is 5.92 Å². The molecule has 2 aliphatic carbocycles. The Balaban J connectivity index is 2.22. The predicted octanol–water partition coefficient (Wildman–Crippen LogP) is 2.18. The van der Waals surface area contributed by atoms with Crippen LogP contribution in [-0.4, -0.2) is 5.78 Å². The molecule has 0 unspecified atom stereocenters. The van der Waals surface area contributed by atoms with Crippen molar-refractivity contribution in [2.45, 2.75) is 26.7 Å². The van der Waals surface area contributed by atoms with Gasteiger partial charge in [0.05, 0.1) is 0 Å². The van der Waals surface area contributed by atoms with Gasteiger partial charge >= 0.3 is 0 Å². The zero-order chi connectivity index (χ0) is 8.06. The molecule has 1 nitrogen and oxygen atoms in total. The van der Waals surface area contributed by atoms with Gasteiger partial charge in [0.1, 0.15) is 0 Å². The third kappa shape index (κ3) is 1.03. The van der Waals surface area contributed by atoms with Crippen molar-refractivity contribution in [3.05, 3.63) is 12.2 Å². The van der Waals surface area contributed by atoms with E-state index in [1.54, 1.807) is 6.08 Å². The van der Waals surface area contributed by atoms with E-state index >= 15 is 0 Å². The van der Waals surface area contributed by atoms with Crippen molar-refractivity contribution in [2.75, 3.05) is 0 Å². The first-order valence-electron chi connectivity index (χ1n) is 4.31. The molecule has 0 heterocycles. The fourth-order valence-electron chi connectivity index (χ4n) is 2.47. The Morgan fingerprint density at radius 2 is 2.18 bits per heavy atom. The summed E-state index contributed by atoms with van der Waals surface area (Å²) in [7, 11) is 0. The number of rotatable bonds is 0. The summed E-state index contributed by atoms with van der Waals surface area (Å²) in [5.74, 6) is 1.27. The summed E-state index contributed by atoms with van der Waals surface area (Å²) in [5, 5.41) is 0. The molecule has 0 aromatic carbocycles. The average molecular weight is 150 g/mol. The molecule has 0 aliphatic heterocycles. The van der Waals surface area contributed by atoms with Crippen LogP contribution < -0.4 is 0 Å². The zero-order valence-corrected chi connectivity index (χ0v) is 7.13. The van der Waals surface area contributed by atoms with E-state index < -0.39 is 0 Å². The molecule has 2 rings (SSSR count). The van der Waals surface area contributed by atoms with E-state index in [1.165, 1.54) is 6.42 Å². The number of hydrogen-bond acceptors (Lipinski definition) is 1. The molecule has 2 atom stereocenters. The second-order valence-corrected chi connectivity index (χ2v) is 4.60. The highest BCUT2D eigenvalue weighted by atomic mass is 16.1. The van der Waals surface area contributed by atoms with Crippen LogP contribution in [0.2, 0.25) is 0 Å². The van der Waals surface area contributed by atoms with E-state index in [-0.39, 0.29) is 0 Å². The highest BCUT2D eigenvalue weighted by Gasteiger charge is 2.43. The van der Waals surface area contributed by atoms with Crippen LogP contribution >= 0.6 is 0 Å². The van der Waals surface area contributed by atoms with Gasteiger partial charge in [-0.25, -0.2) is 0 Å². The first-order chi connectivity index (χ1) is 5.08. The maximum Gasteiger partial charge on any atom is 0.159 e. The van der Waals surface area contributed by atoms with Crippen LogP contribution in [0.25, 0.3) is 0 Å². The zero-order valence-electron chi connectivity index (χ0n) is 7.13. The Hall–Kier alpha value is -0.590. The summed E-state index contributed by atoms with van der Waals surface area (Å²) < 4.78 is 0. The van der Waals surface area contributed by atoms with Crippen molar-refractivity contribution in [3.8, 4) is 0 Å². The molecule has 0 N–H and O–H groups in total. The minimum atomic E-state index is 0.338. The molecule has 2 aliphatic rings. The number of carbonyl (C=O) groups is 1. The quantitative estimate of drug-likeness (QED) is 0.517. The van der Waals surface area contributed by atoms with E-state index in [9.17, 15) is 4.79 Å². The molecule has 1 fully saturated rings. The summed E-state index contributed by atoms with van der Waals surface area (Å²) in [4.78, 5) is 11.3. The Labute approximate surface area is 67.5 Å². The Morgan fingerprint density at radius 3 is 2.82 bits per heavy atom. The summed E-state index contributed by atoms with van der Waals surface area (Å²) >= 11 is 0. The maximum atomic E-state index is 11.3. The molecule has 60 valence electrons. The fraction of sp³-hybridized carbons (Fsp3) is 0.700. The van der Waals surface area contributed by atoms with Crippen molar-refractivity contribution in [1.29, 1.82) is 0 Å². The van der Waals surface area contributed by atoms with Crippen LogP contribution in [0.3, 0.4) is 0 Å². The molecular formula is C10H14O. The molecule has 0 aromatic rings. The molecule has 0 aromatic heterocycles. The van der Waals surface area contributed by atoms with Gasteiger partial charge in [-0.2, -0.15) is 0 Å². The standard InChI is InChI=1S/C10H14O/c1-10(2)5-7-3-4-9(11)8(7)6-10/h3-4,7-8H,5-6H2,1-2H3/t7-,8+/m1/s1. The largest absolute Gasteiger partial charge is 0.295 e.